The quantitative estimate of drug-likeness (QED) is 0.775. The molecule has 0 unspecified atom stereocenters. The van der Waals surface area contributed by atoms with Crippen LogP contribution in [0.2, 0.25) is 0 Å². The third-order valence-corrected chi connectivity index (χ3v) is 2.53. The summed E-state index contributed by atoms with van der Waals surface area (Å²) in [5.41, 5.74) is -0.289. The van der Waals surface area contributed by atoms with Crippen molar-refractivity contribution >= 4 is 21.7 Å². The van der Waals surface area contributed by atoms with E-state index in [0.717, 1.165) is 6.07 Å². The van der Waals surface area contributed by atoms with Gasteiger partial charge in [0.05, 0.1) is 5.56 Å². The molecule has 1 rings (SSSR count). The molecule has 0 N–H and O–H groups in total. The summed E-state index contributed by atoms with van der Waals surface area (Å²) in [5, 5.41) is 8.68. The molecule has 1 aromatic rings. The Morgan fingerprint density at radius 3 is 2.53 bits per heavy atom. The third-order valence-electron chi connectivity index (χ3n) is 1.87. The Morgan fingerprint density at radius 2 is 2.13 bits per heavy atom. The van der Waals surface area contributed by atoms with Gasteiger partial charge in [0.25, 0.3) is 6.43 Å². The number of nitrogens with zero attached hydrogens (tertiary/aromatic N) is 1. The standard InChI is InChI=1S/C10H6BrF2NO/c1-5(15)7-2-6(4-14)9(11)3-8(7)10(12)13/h2-3,10H,1H3. The highest BCUT2D eigenvalue weighted by Gasteiger charge is 2.18. The first-order valence-corrected chi connectivity index (χ1v) is 4.79. The summed E-state index contributed by atoms with van der Waals surface area (Å²) in [4.78, 5) is 11.1. The van der Waals surface area contributed by atoms with Crippen molar-refractivity contribution < 1.29 is 13.6 Å². The first-order chi connectivity index (χ1) is 6.97. The zero-order valence-corrected chi connectivity index (χ0v) is 9.31. The maximum absolute atomic E-state index is 12.5. The van der Waals surface area contributed by atoms with Crippen LogP contribution in [0, 0.1) is 11.3 Å². The summed E-state index contributed by atoms with van der Waals surface area (Å²) in [5.74, 6) is -0.477. The van der Waals surface area contributed by atoms with Crippen LogP contribution >= 0.6 is 15.9 Å². The predicted octanol–water partition coefficient (Wildman–Crippen LogP) is 3.46. The highest BCUT2D eigenvalue weighted by atomic mass is 79.9. The van der Waals surface area contributed by atoms with Crippen LogP contribution in [0.5, 0.6) is 0 Å². The number of hydrogen-bond donors (Lipinski definition) is 0. The average Bonchev–Trinajstić information content (AvgIpc) is 2.16. The highest BCUT2D eigenvalue weighted by molar-refractivity contribution is 9.10. The number of hydrogen-bond acceptors (Lipinski definition) is 2. The lowest BCUT2D eigenvalue weighted by Crippen LogP contribution is -2.01. The van der Waals surface area contributed by atoms with E-state index >= 15 is 0 Å². The van der Waals surface area contributed by atoms with Crippen molar-refractivity contribution in [2.24, 2.45) is 0 Å². The minimum atomic E-state index is -2.73. The lowest BCUT2D eigenvalue weighted by Gasteiger charge is -2.07. The number of nitriles is 1. The molecule has 0 radical (unpaired) electrons. The van der Waals surface area contributed by atoms with Gasteiger partial charge in [-0.25, -0.2) is 8.78 Å². The van der Waals surface area contributed by atoms with E-state index in [2.05, 4.69) is 15.9 Å². The number of rotatable bonds is 2. The van der Waals surface area contributed by atoms with Crippen LogP contribution in [-0.4, -0.2) is 5.78 Å². The second-order valence-corrected chi connectivity index (χ2v) is 3.74. The average molecular weight is 274 g/mol. The Bertz CT molecular complexity index is 451. The number of Topliss-reactive ketones (excluding diaryl/α,β-unsaturated/α-hetero) is 1. The molecular weight excluding hydrogens is 268 g/mol. The number of carbonyl (C=O) groups excluding carboxylic acids is 1. The summed E-state index contributed by atoms with van der Waals surface area (Å²) < 4.78 is 25.4. The van der Waals surface area contributed by atoms with Crippen molar-refractivity contribution in [2.45, 2.75) is 13.3 Å². The minimum absolute atomic E-state index is 0.107. The Morgan fingerprint density at radius 1 is 1.53 bits per heavy atom. The molecule has 15 heavy (non-hydrogen) atoms. The maximum atomic E-state index is 12.5. The van der Waals surface area contributed by atoms with E-state index in [1.165, 1.54) is 13.0 Å². The van der Waals surface area contributed by atoms with E-state index in [-0.39, 0.29) is 21.2 Å². The fourth-order valence-corrected chi connectivity index (χ4v) is 1.61. The fourth-order valence-electron chi connectivity index (χ4n) is 1.16. The molecule has 1 aromatic carbocycles. The normalized spacial score (nSPS) is 10.1. The molecule has 0 bridgehead atoms. The van der Waals surface area contributed by atoms with E-state index in [4.69, 9.17) is 5.26 Å². The monoisotopic (exact) mass is 273 g/mol. The topological polar surface area (TPSA) is 40.9 Å². The van der Waals surface area contributed by atoms with Gasteiger partial charge in [-0.2, -0.15) is 5.26 Å². The van der Waals surface area contributed by atoms with Crippen LogP contribution in [0.1, 0.15) is 34.8 Å². The largest absolute Gasteiger partial charge is 0.294 e. The lowest BCUT2D eigenvalue weighted by atomic mass is 10.0. The van der Waals surface area contributed by atoms with Crippen molar-refractivity contribution in [1.82, 2.24) is 0 Å². The zero-order valence-electron chi connectivity index (χ0n) is 7.72. The predicted molar refractivity (Wildman–Crippen MR) is 53.8 cm³/mol. The molecule has 0 aliphatic heterocycles. The molecule has 78 valence electrons. The number of alkyl halides is 2. The van der Waals surface area contributed by atoms with Crippen molar-refractivity contribution in [3.05, 3.63) is 33.3 Å². The minimum Gasteiger partial charge on any atom is -0.294 e. The maximum Gasteiger partial charge on any atom is 0.264 e. The molecule has 0 atom stereocenters. The summed E-state index contributed by atoms with van der Waals surface area (Å²) in [6.07, 6.45) is -2.73. The molecule has 0 fully saturated rings. The van der Waals surface area contributed by atoms with Gasteiger partial charge in [-0.1, -0.05) is 0 Å². The molecule has 0 amide bonds. The van der Waals surface area contributed by atoms with Gasteiger partial charge >= 0.3 is 0 Å². The van der Waals surface area contributed by atoms with Crippen LogP contribution < -0.4 is 0 Å². The van der Waals surface area contributed by atoms with Gasteiger partial charge < -0.3 is 0 Å². The van der Waals surface area contributed by atoms with Gasteiger partial charge in [-0.15, -0.1) is 0 Å². The SMILES string of the molecule is CC(=O)c1cc(C#N)c(Br)cc1C(F)F. The summed E-state index contributed by atoms with van der Waals surface area (Å²) in [7, 11) is 0. The highest BCUT2D eigenvalue weighted by Crippen LogP contribution is 2.29. The van der Waals surface area contributed by atoms with E-state index in [1.54, 1.807) is 0 Å². The second-order valence-electron chi connectivity index (χ2n) is 2.89. The van der Waals surface area contributed by atoms with Crippen LogP contribution in [0.15, 0.2) is 16.6 Å². The van der Waals surface area contributed by atoms with Crippen LogP contribution in [-0.2, 0) is 0 Å². The first-order valence-electron chi connectivity index (χ1n) is 4.00. The second kappa shape index (κ2) is 4.49. The van der Waals surface area contributed by atoms with Crippen LogP contribution in [0.25, 0.3) is 0 Å². The number of ketones is 1. The van der Waals surface area contributed by atoms with Gasteiger partial charge in [-0.3, -0.25) is 4.79 Å². The number of halogens is 3. The van der Waals surface area contributed by atoms with Crippen molar-refractivity contribution in [1.29, 1.82) is 5.26 Å². The molecular formula is C10H6BrF2NO. The molecule has 2 nitrogen and oxygen atoms in total. The van der Waals surface area contributed by atoms with E-state index in [9.17, 15) is 13.6 Å². The summed E-state index contributed by atoms with van der Waals surface area (Å²) >= 11 is 2.99. The summed E-state index contributed by atoms with van der Waals surface area (Å²) in [6.45, 7) is 1.19. The van der Waals surface area contributed by atoms with E-state index < -0.39 is 12.2 Å². The van der Waals surface area contributed by atoms with Gasteiger partial charge in [0.15, 0.2) is 5.78 Å². The Kier molecular flexibility index (Phi) is 3.53. The van der Waals surface area contributed by atoms with Crippen LogP contribution in [0.3, 0.4) is 0 Å². The first kappa shape index (κ1) is 11.8. The molecule has 0 saturated carbocycles. The van der Waals surface area contributed by atoms with Crippen molar-refractivity contribution in [3.8, 4) is 6.07 Å². The molecule has 0 aromatic heterocycles. The van der Waals surface area contributed by atoms with Crippen LogP contribution in [0.4, 0.5) is 8.78 Å². The number of carbonyl (C=O) groups is 1. The Labute approximate surface area is 93.6 Å². The molecule has 0 saturated heterocycles. The third kappa shape index (κ3) is 2.39. The Hall–Kier alpha value is -1.28. The molecule has 0 aliphatic rings. The van der Waals surface area contributed by atoms with Gasteiger partial charge in [0.1, 0.15) is 6.07 Å². The van der Waals surface area contributed by atoms with Crippen molar-refractivity contribution in [2.75, 3.05) is 0 Å². The van der Waals surface area contributed by atoms with Gasteiger partial charge in [-0.05, 0) is 35.0 Å². The molecule has 0 aliphatic carbocycles. The fraction of sp³-hybridized carbons (Fsp3) is 0.200. The van der Waals surface area contributed by atoms with Gasteiger partial charge in [0, 0.05) is 15.6 Å². The van der Waals surface area contributed by atoms with E-state index in [0.29, 0.717) is 0 Å². The smallest absolute Gasteiger partial charge is 0.264 e. The number of benzene rings is 1. The molecule has 5 heteroatoms. The van der Waals surface area contributed by atoms with Crippen molar-refractivity contribution in [3.63, 3.8) is 0 Å². The molecule has 0 heterocycles. The zero-order chi connectivity index (χ0) is 11.6. The molecule has 0 spiro atoms. The van der Waals surface area contributed by atoms with Gasteiger partial charge in [0.2, 0.25) is 0 Å². The van der Waals surface area contributed by atoms with E-state index in [1.807, 2.05) is 6.07 Å². The lowest BCUT2D eigenvalue weighted by molar-refractivity contribution is 0.0999. The summed E-state index contributed by atoms with van der Waals surface area (Å²) in [6, 6.07) is 4.10. The Balaban J connectivity index is 3.47.